The van der Waals surface area contributed by atoms with Crippen LogP contribution in [0, 0.1) is 5.41 Å². The zero-order chi connectivity index (χ0) is 11.6. The van der Waals surface area contributed by atoms with Crippen molar-refractivity contribution in [3.63, 3.8) is 0 Å². The van der Waals surface area contributed by atoms with Gasteiger partial charge in [0.05, 0.1) is 12.5 Å². The lowest BCUT2D eigenvalue weighted by molar-refractivity contribution is -0.140. The molecule has 2 unspecified atom stereocenters. The van der Waals surface area contributed by atoms with Crippen LogP contribution in [0.5, 0.6) is 0 Å². The summed E-state index contributed by atoms with van der Waals surface area (Å²) >= 11 is 0. The van der Waals surface area contributed by atoms with Crippen LogP contribution in [0.2, 0.25) is 0 Å². The van der Waals surface area contributed by atoms with Crippen LogP contribution in [-0.2, 0) is 9.59 Å². The third-order valence-electron chi connectivity index (χ3n) is 3.12. The van der Waals surface area contributed by atoms with Crippen molar-refractivity contribution in [2.45, 2.75) is 45.3 Å². The van der Waals surface area contributed by atoms with E-state index in [-0.39, 0.29) is 36.3 Å². The smallest absolute Gasteiger partial charge is 0.303 e. The summed E-state index contributed by atoms with van der Waals surface area (Å²) in [4.78, 5) is 21.5. The van der Waals surface area contributed by atoms with Crippen molar-refractivity contribution in [1.29, 1.82) is 0 Å². The van der Waals surface area contributed by atoms with Crippen LogP contribution in [0.4, 0.5) is 0 Å². The molecule has 0 aromatic heterocycles. The number of carbonyl (C=O) groups excluding carboxylic acids is 1. The highest BCUT2D eigenvalue weighted by Crippen LogP contribution is 2.40. The molecule has 1 amide bonds. The fraction of sp³-hybridized carbons (Fsp3) is 0.800. The molecule has 1 fully saturated rings. The third kappa shape index (κ3) is 2.68. The number of aliphatic hydroxyl groups is 1. The second kappa shape index (κ2) is 4.18. The minimum atomic E-state index is -0.974. The first kappa shape index (κ1) is 12.0. The summed E-state index contributed by atoms with van der Waals surface area (Å²) in [5, 5.41) is 20.6. The SMILES string of the molecule is CC1(C)C(O)CC1NC(=O)CCC(=O)O. The molecule has 0 aromatic rings. The van der Waals surface area contributed by atoms with E-state index in [4.69, 9.17) is 5.11 Å². The molecular weight excluding hydrogens is 198 g/mol. The van der Waals surface area contributed by atoms with E-state index in [9.17, 15) is 14.7 Å². The number of carboxylic acid groups (broad SMARTS) is 1. The number of hydrogen-bond acceptors (Lipinski definition) is 3. The number of amides is 1. The van der Waals surface area contributed by atoms with Gasteiger partial charge in [-0.25, -0.2) is 0 Å². The van der Waals surface area contributed by atoms with Crippen molar-refractivity contribution in [2.24, 2.45) is 5.41 Å². The summed E-state index contributed by atoms with van der Waals surface area (Å²) in [6.45, 7) is 3.76. The number of rotatable bonds is 4. The molecule has 3 N–H and O–H groups in total. The summed E-state index contributed by atoms with van der Waals surface area (Å²) < 4.78 is 0. The van der Waals surface area contributed by atoms with Crippen LogP contribution in [0.25, 0.3) is 0 Å². The molecule has 0 radical (unpaired) electrons. The van der Waals surface area contributed by atoms with Gasteiger partial charge in [-0.3, -0.25) is 9.59 Å². The van der Waals surface area contributed by atoms with Crippen molar-refractivity contribution in [3.8, 4) is 0 Å². The number of aliphatic carboxylic acids is 1. The summed E-state index contributed by atoms with van der Waals surface area (Å²) in [5.41, 5.74) is -0.307. The highest BCUT2D eigenvalue weighted by molar-refractivity contribution is 5.80. The summed E-state index contributed by atoms with van der Waals surface area (Å²) in [7, 11) is 0. The molecule has 0 spiro atoms. The van der Waals surface area contributed by atoms with E-state index in [1.807, 2.05) is 13.8 Å². The van der Waals surface area contributed by atoms with E-state index >= 15 is 0 Å². The minimum absolute atomic E-state index is 0.00198. The van der Waals surface area contributed by atoms with Gasteiger partial charge in [0.1, 0.15) is 0 Å². The lowest BCUT2D eigenvalue weighted by atomic mass is 9.64. The third-order valence-corrected chi connectivity index (χ3v) is 3.12. The number of hydrogen-bond donors (Lipinski definition) is 3. The lowest BCUT2D eigenvalue weighted by Crippen LogP contribution is -2.61. The first-order chi connectivity index (χ1) is 6.84. The fourth-order valence-electron chi connectivity index (χ4n) is 1.63. The molecule has 0 aliphatic heterocycles. The first-order valence-corrected chi connectivity index (χ1v) is 5.03. The predicted molar refractivity (Wildman–Crippen MR) is 53.2 cm³/mol. The van der Waals surface area contributed by atoms with Crippen molar-refractivity contribution in [1.82, 2.24) is 5.32 Å². The number of nitrogens with one attached hydrogen (secondary N) is 1. The lowest BCUT2D eigenvalue weighted by Gasteiger charge is -2.49. The second-order valence-corrected chi connectivity index (χ2v) is 4.59. The molecule has 0 heterocycles. The van der Waals surface area contributed by atoms with E-state index in [1.54, 1.807) is 0 Å². The zero-order valence-corrected chi connectivity index (χ0v) is 8.99. The first-order valence-electron chi connectivity index (χ1n) is 5.03. The van der Waals surface area contributed by atoms with Gasteiger partial charge in [0.25, 0.3) is 0 Å². The van der Waals surface area contributed by atoms with Gasteiger partial charge in [0.2, 0.25) is 5.91 Å². The number of carboxylic acids is 1. The van der Waals surface area contributed by atoms with Crippen LogP contribution < -0.4 is 5.32 Å². The van der Waals surface area contributed by atoms with E-state index in [0.29, 0.717) is 6.42 Å². The van der Waals surface area contributed by atoms with Gasteiger partial charge in [-0.1, -0.05) is 13.8 Å². The average Bonchev–Trinajstić information content (AvgIpc) is 2.14. The van der Waals surface area contributed by atoms with Crippen molar-refractivity contribution >= 4 is 11.9 Å². The van der Waals surface area contributed by atoms with E-state index in [2.05, 4.69) is 5.32 Å². The number of carbonyl (C=O) groups is 2. The molecule has 86 valence electrons. The second-order valence-electron chi connectivity index (χ2n) is 4.59. The standard InChI is InChI=1S/C10H17NO4/c1-10(2)6(5-7(10)12)11-8(13)3-4-9(14)15/h6-7,12H,3-5H2,1-2H3,(H,11,13)(H,14,15). The molecule has 1 aliphatic rings. The molecule has 0 saturated heterocycles. The Kier molecular flexibility index (Phi) is 3.34. The molecule has 5 heteroatoms. The Bertz CT molecular complexity index is 275. The van der Waals surface area contributed by atoms with Gasteiger partial charge in [-0.2, -0.15) is 0 Å². The van der Waals surface area contributed by atoms with Crippen LogP contribution in [-0.4, -0.2) is 34.2 Å². The topological polar surface area (TPSA) is 86.6 Å². The minimum Gasteiger partial charge on any atom is -0.481 e. The largest absolute Gasteiger partial charge is 0.481 e. The van der Waals surface area contributed by atoms with E-state index in [0.717, 1.165) is 0 Å². The van der Waals surface area contributed by atoms with Crippen molar-refractivity contribution < 1.29 is 19.8 Å². The summed E-state index contributed by atoms with van der Waals surface area (Å²) in [6.07, 6.45) is 0.00742. The van der Waals surface area contributed by atoms with Crippen molar-refractivity contribution in [3.05, 3.63) is 0 Å². The molecule has 0 aromatic carbocycles. The van der Waals surface area contributed by atoms with E-state index < -0.39 is 5.97 Å². The quantitative estimate of drug-likeness (QED) is 0.622. The van der Waals surface area contributed by atoms with Crippen LogP contribution >= 0.6 is 0 Å². The van der Waals surface area contributed by atoms with Crippen LogP contribution in [0.3, 0.4) is 0 Å². The maximum Gasteiger partial charge on any atom is 0.303 e. The normalized spacial score (nSPS) is 27.9. The van der Waals surface area contributed by atoms with Gasteiger partial charge in [-0.05, 0) is 6.42 Å². The van der Waals surface area contributed by atoms with E-state index in [1.165, 1.54) is 0 Å². The Morgan fingerprint density at radius 2 is 2.00 bits per heavy atom. The Balaban J connectivity index is 2.31. The Morgan fingerprint density at radius 3 is 2.40 bits per heavy atom. The van der Waals surface area contributed by atoms with Gasteiger partial charge < -0.3 is 15.5 Å². The van der Waals surface area contributed by atoms with Gasteiger partial charge >= 0.3 is 5.97 Å². The highest BCUT2D eigenvalue weighted by Gasteiger charge is 2.47. The molecule has 2 atom stereocenters. The van der Waals surface area contributed by atoms with Crippen LogP contribution in [0.15, 0.2) is 0 Å². The average molecular weight is 215 g/mol. The van der Waals surface area contributed by atoms with Gasteiger partial charge in [0, 0.05) is 17.9 Å². The Labute approximate surface area is 88.5 Å². The summed E-state index contributed by atoms with van der Waals surface area (Å²) in [6, 6.07) is -0.0474. The molecule has 1 saturated carbocycles. The van der Waals surface area contributed by atoms with Crippen molar-refractivity contribution in [2.75, 3.05) is 0 Å². The highest BCUT2D eigenvalue weighted by atomic mass is 16.4. The Hall–Kier alpha value is -1.10. The molecule has 15 heavy (non-hydrogen) atoms. The molecular formula is C10H17NO4. The Morgan fingerprint density at radius 1 is 1.40 bits per heavy atom. The van der Waals surface area contributed by atoms with Gasteiger partial charge in [-0.15, -0.1) is 0 Å². The maximum absolute atomic E-state index is 11.3. The van der Waals surface area contributed by atoms with Gasteiger partial charge in [0.15, 0.2) is 0 Å². The predicted octanol–water partition coefficient (Wildman–Crippen LogP) is 0.127. The monoisotopic (exact) mass is 215 g/mol. The summed E-state index contributed by atoms with van der Waals surface area (Å²) in [5.74, 6) is -1.24. The zero-order valence-electron chi connectivity index (χ0n) is 8.99. The molecule has 1 rings (SSSR count). The maximum atomic E-state index is 11.3. The molecule has 5 nitrogen and oxygen atoms in total. The molecule has 0 bridgehead atoms. The number of aliphatic hydroxyl groups excluding tert-OH is 1. The fourth-order valence-corrected chi connectivity index (χ4v) is 1.63. The molecule has 1 aliphatic carbocycles. The van der Waals surface area contributed by atoms with Crippen LogP contribution in [0.1, 0.15) is 33.1 Å².